The number of hydrogen-bond acceptors (Lipinski definition) is 2. The Hall–Kier alpha value is -0.830. The van der Waals surface area contributed by atoms with Crippen molar-refractivity contribution in [3.63, 3.8) is 0 Å². The van der Waals surface area contributed by atoms with E-state index in [9.17, 15) is 9.90 Å². The first-order valence-electron chi connectivity index (χ1n) is 20.3. The van der Waals surface area contributed by atoms with E-state index in [1.807, 2.05) is 0 Å². The number of hydrogen-bond donors (Lipinski definition) is 2. The lowest BCUT2D eigenvalue weighted by Crippen LogP contribution is -2.31. The Morgan fingerprint density at radius 3 is 1.18 bits per heavy atom. The summed E-state index contributed by atoms with van der Waals surface area (Å²) in [6.07, 6.45) is 48.6. The summed E-state index contributed by atoms with van der Waals surface area (Å²) in [5.41, 5.74) is 0. The van der Waals surface area contributed by atoms with Crippen LogP contribution in [0.15, 0.2) is 12.2 Å². The molecule has 1 atom stereocenters. The van der Waals surface area contributed by atoms with Gasteiger partial charge in [0.25, 0.3) is 0 Å². The minimum absolute atomic E-state index is 0.114. The molecule has 0 aliphatic carbocycles. The highest BCUT2D eigenvalue weighted by molar-refractivity contribution is 5.75. The molecule has 0 saturated carbocycles. The van der Waals surface area contributed by atoms with Crippen LogP contribution in [0.5, 0.6) is 0 Å². The largest absolute Gasteiger partial charge is 0.391 e. The zero-order valence-electron chi connectivity index (χ0n) is 30.3. The summed E-state index contributed by atoms with van der Waals surface area (Å²) in [6, 6.07) is 0. The average molecular weight is 620 g/mol. The van der Waals surface area contributed by atoms with Crippen molar-refractivity contribution in [2.75, 3.05) is 6.54 Å². The predicted molar refractivity (Wildman–Crippen MR) is 196 cm³/mol. The Morgan fingerprint density at radius 2 is 0.795 bits per heavy atom. The van der Waals surface area contributed by atoms with Crippen LogP contribution < -0.4 is 5.32 Å². The monoisotopic (exact) mass is 620 g/mol. The lowest BCUT2D eigenvalue weighted by molar-refractivity contribution is -0.121. The van der Waals surface area contributed by atoms with Gasteiger partial charge in [-0.1, -0.05) is 199 Å². The molecule has 0 bridgehead atoms. The van der Waals surface area contributed by atoms with E-state index in [1.54, 1.807) is 0 Å². The van der Waals surface area contributed by atoms with Crippen LogP contribution in [-0.4, -0.2) is 23.7 Å². The lowest BCUT2D eigenvalue weighted by atomic mass is 10.0. The Balaban J connectivity index is 3.28. The number of rotatable bonds is 37. The fourth-order valence-corrected chi connectivity index (χ4v) is 6.24. The first-order chi connectivity index (χ1) is 21.7. The van der Waals surface area contributed by atoms with Crippen molar-refractivity contribution in [1.82, 2.24) is 5.32 Å². The Bertz CT molecular complexity index is 575. The normalized spacial score (nSPS) is 12.3. The molecule has 0 radical (unpaired) electrons. The summed E-state index contributed by atoms with van der Waals surface area (Å²) in [5.74, 6) is 0.114. The van der Waals surface area contributed by atoms with Crippen molar-refractivity contribution in [2.45, 2.75) is 238 Å². The van der Waals surface area contributed by atoms with Gasteiger partial charge in [-0.15, -0.1) is 0 Å². The molecular weight excluding hydrogens is 538 g/mol. The number of amides is 1. The Labute approximate surface area is 277 Å². The van der Waals surface area contributed by atoms with Crippen molar-refractivity contribution in [1.29, 1.82) is 0 Å². The molecule has 0 saturated heterocycles. The van der Waals surface area contributed by atoms with Crippen LogP contribution >= 0.6 is 0 Å². The first kappa shape index (κ1) is 43.2. The van der Waals surface area contributed by atoms with E-state index in [0.29, 0.717) is 13.0 Å². The highest BCUT2D eigenvalue weighted by atomic mass is 16.3. The van der Waals surface area contributed by atoms with Crippen molar-refractivity contribution in [3.8, 4) is 0 Å². The second-order valence-corrected chi connectivity index (χ2v) is 13.9. The van der Waals surface area contributed by atoms with Gasteiger partial charge in [-0.25, -0.2) is 0 Å². The van der Waals surface area contributed by atoms with Gasteiger partial charge in [0.2, 0.25) is 5.91 Å². The molecular formula is C41H81NO2. The van der Waals surface area contributed by atoms with Gasteiger partial charge in [0.05, 0.1) is 6.10 Å². The third-order valence-electron chi connectivity index (χ3n) is 9.34. The Kier molecular flexibility index (Phi) is 37.6. The highest BCUT2D eigenvalue weighted by Gasteiger charge is 2.07. The third kappa shape index (κ3) is 37.4. The summed E-state index contributed by atoms with van der Waals surface area (Å²) in [5, 5.41) is 13.2. The standard InChI is InChI=1S/C41H81NO2/c1-3-5-7-9-11-13-15-17-18-19-20-21-22-23-24-26-28-30-32-34-36-38-41(44)42-39-40(43)37-35-33-31-29-27-25-16-14-12-10-8-6-4-2/h17-18,40,43H,3-16,19-39H2,1-2H3,(H,42,44)/b18-17+/t40-/m1/s1. The van der Waals surface area contributed by atoms with Crippen molar-refractivity contribution < 1.29 is 9.90 Å². The number of unbranched alkanes of at least 4 members (excludes halogenated alkanes) is 29. The fraction of sp³-hybridized carbons (Fsp3) is 0.927. The summed E-state index contributed by atoms with van der Waals surface area (Å²) in [6.45, 7) is 4.99. The second kappa shape index (κ2) is 38.4. The number of nitrogens with one attached hydrogen (secondary N) is 1. The van der Waals surface area contributed by atoms with E-state index in [0.717, 1.165) is 25.7 Å². The maximum absolute atomic E-state index is 12.1. The fourth-order valence-electron chi connectivity index (χ4n) is 6.24. The van der Waals surface area contributed by atoms with Crippen LogP contribution in [0.1, 0.15) is 232 Å². The molecule has 0 rings (SSSR count). The zero-order valence-corrected chi connectivity index (χ0v) is 30.3. The summed E-state index contributed by atoms with van der Waals surface area (Å²) in [4.78, 5) is 12.1. The molecule has 262 valence electrons. The molecule has 0 spiro atoms. The molecule has 0 aromatic heterocycles. The van der Waals surface area contributed by atoms with Gasteiger partial charge in [0.1, 0.15) is 0 Å². The molecule has 0 aliphatic heterocycles. The molecule has 0 heterocycles. The van der Waals surface area contributed by atoms with Crippen LogP contribution in [0.2, 0.25) is 0 Å². The van der Waals surface area contributed by atoms with Gasteiger partial charge in [0.15, 0.2) is 0 Å². The third-order valence-corrected chi connectivity index (χ3v) is 9.34. The summed E-state index contributed by atoms with van der Waals surface area (Å²) >= 11 is 0. The number of carbonyl (C=O) groups is 1. The molecule has 3 nitrogen and oxygen atoms in total. The molecule has 0 aliphatic rings. The van der Waals surface area contributed by atoms with Crippen molar-refractivity contribution >= 4 is 5.91 Å². The first-order valence-corrected chi connectivity index (χ1v) is 20.3. The molecule has 1 amide bonds. The quantitative estimate of drug-likeness (QED) is 0.0537. The van der Waals surface area contributed by atoms with Crippen LogP contribution in [-0.2, 0) is 4.79 Å². The molecule has 0 unspecified atom stereocenters. The predicted octanol–water partition coefficient (Wildman–Crippen LogP) is 13.3. The van der Waals surface area contributed by atoms with Gasteiger partial charge in [-0.05, 0) is 38.5 Å². The summed E-state index contributed by atoms with van der Waals surface area (Å²) < 4.78 is 0. The van der Waals surface area contributed by atoms with Crippen molar-refractivity contribution in [3.05, 3.63) is 12.2 Å². The smallest absolute Gasteiger partial charge is 0.220 e. The number of aliphatic hydroxyl groups is 1. The number of carbonyl (C=O) groups excluding carboxylic acids is 1. The van der Waals surface area contributed by atoms with Gasteiger partial charge in [-0.3, -0.25) is 4.79 Å². The van der Waals surface area contributed by atoms with E-state index in [1.165, 1.54) is 186 Å². The highest BCUT2D eigenvalue weighted by Crippen LogP contribution is 2.15. The topological polar surface area (TPSA) is 49.3 Å². The maximum atomic E-state index is 12.1. The SMILES string of the molecule is CCCCCCCC/C=C/CCCCCCCCCCCCCC(=O)NC[C@H](O)CCCCCCCCCCCCCCC. The van der Waals surface area contributed by atoms with E-state index in [2.05, 4.69) is 31.3 Å². The molecule has 44 heavy (non-hydrogen) atoms. The molecule has 0 aromatic rings. The minimum Gasteiger partial charge on any atom is -0.391 e. The Morgan fingerprint density at radius 1 is 0.477 bits per heavy atom. The van der Waals surface area contributed by atoms with Crippen LogP contribution in [0.4, 0.5) is 0 Å². The number of allylic oxidation sites excluding steroid dienone is 2. The maximum Gasteiger partial charge on any atom is 0.220 e. The molecule has 0 aromatic carbocycles. The average Bonchev–Trinajstić information content (AvgIpc) is 3.03. The van der Waals surface area contributed by atoms with E-state index >= 15 is 0 Å². The van der Waals surface area contributed by atoms with Crippen LogP contribution in [0, 0.1) is 0 Å². The van der Waals surface area contributed by atoms with E-state index < -0.39 is 0 Å². The second-order valence-electron chi connectivity index (χ2n) is 13.9. The van der Waals surface area contributed by atoms with Gasteiger partial charge in [-0.2, -0.15) is 0 Å². The molecule has 0 fully saturated rings. The van der Waals surface area contributed by atoms with Crippen LogP contribution in [0.25, 0.3) is 0 Å². The number of aliphatic hydroxyl groups excluding tert-OH is 1. The van der Waals surface area contributed by atoms with Gasteiger partial charge < -0.3 is 10.4 Å². The molecule has 2 N–H and O–H groups in total. The van der Waals surface area contributed by atoms with E-state index in [4.69, 9.17) is 0 Å². The van der Waals surface area contributed by atoms with Gasteiger partial charge >= 0.3 is 0 Å². The molecule has 3 heteroatoms. The zero-order chi connectivity index (χ0) is 32.0. The van der Waals surface area contributed by atoms with Gasteiger partial charge in [0, 0.05) is 13.0 Å². The van der Waals surface area contributed by atoms with Crippen LogP contribution in [0.3, 0.4) is 0 Å². The summed E-state index contributed by atoms with van der Waals surface area (Å²) in [7, 11) is 0. The van der Waals surface area contributed by atoms with Crippen molar-refractivity contribution in [2.24, 2.45) is 0 Å². The van der Waals surface area contributed by atoms with E-state index in [-0.39, 0.29) is 12.0 Å². The minimum atomic E-state index is -0.386. The lowest BCUT2D eigenvalue weighted by Gasteiger charge is -2.12.